The first-order valence-corrected chi connectivity index (χ1v) is 6.81. The highest BCUT2D eigenvalue weighted by Crippen LogP contribution is 2.24. The Morgan fingerprint density at radius 3 is 2.36 bits per heavy atom. The van der Waals surface area contributed by atoms with Crippen LogP contribution >= 0.6 is 0 Å². The SMILES string of the molecule is COc1cccc(CNC(=O)c2cc(OC)ccc2OC)c1. The molecule has 0 fully saturated rings. The number of nitrogens with one attached hydrogen (secondary N) is 1. The molecule has 2 rings (SSSR count). The molecule has 0 heterocycles. The quantitative estimate of drug-likeness (QED) is 0.891. The van der Waals surface area contributed by atoms with Crippen molar-refractivity contribution in [1.82, 2.24) is 5.32 Å². The van der Waals surface area contributed by atoms with Crippen molar-refractivity contribution in [1.29, 1.82) is 0 Å². The van der Waals surface area contributed by atoms with Gasteiger partial charge >= 0.3 is 0 Å². The Morgan fingerprint density at radius 2 is 1.68 bits per heavy atom. The molecule has 0 spiro atoms. The van der Waals surface area contributed by atoms with Crippen LogP contribution in [0.1, 0.15) is 15.9 Å². The summed E-state index contributed by atoms with van der Waals surface area (Å²) in [5.41, 5.74) is 1.39. The molecule has 1 N–H and O–H groups in total. The van der Waals surface area contributed by atoms with E-state index in [1.54, 1.807) is 32.4 Å². The summed E-state index contributed by atoms with van der Waals surface area (Å²) in [6.45, 7) is 0.399. The lowest BCUT2D eigenvalue weighted by Crippen LogP contribution is -2.23. The zero-order valence-corrected chi connectivity index (χ0v) is 12.9. The number of carbonyl (C=O) groups excluding carboxylic acids is 1. The van der Waals surface area contributed by atoms with Gasteiger partial charge in [0.1, 0.15) is 17.2 Å². The molecular weight excluding hydrogens is 282 g/mol. The van der Waals surface area contributed by atoms with Gasteiger partial charge < -0.3 is 19.5 Å². The maximum absolute atomic E-state index is 12.3. The number of hydrogen-bond donors (Lipinski definition) is 1. The molecule has 0 aliphatic heterocycles. The van der Waals surface area contributed by atoms with Crippen molar-refractivity contribution in [3.05, 3.63) is 53.6 Å². The van der Waals surface area contributed by atoms with Gasteiger partial charge in [-0.3, -0.25) is 4.79 Å². The first-order valence-electron chi connectivity index (χ1n) is 6.81. The third kappa shape index (κ3) is 3.69. The van der Waals surface area contributed by atoms with Crippen LogP contribution in [-0.2, 0) is 6.54 Å². The van der Waals surface area contributed by atoms with Crippen LogP contribution in [-0.4, -0.2) is 27.2 Å². The minimum absolute atomic E-state index is 0.224. The molecule has 0 aliphatic carbocycles. The Morgan fingerprint density at radius 1 is 0.955 bits per heavy atom. The predicted molar refractivity (Wildman–Crippen MR) is 83.7 cm³/mol. The summed E-state index contributed by atoms with van der Waals surface area (Å²) in [6, 6.07) is 12.6. The van der Waals surface area contributed by atoms with E-state index in [-0.39, 0.29) is 5.91 Å². The molecule has 2 aromatic rings. The predicted octanol–water partition coefficient (Wildman–Crippen LogP) is 2.64. The zero-order chi connectivity index (χ0) is 15.9. The van der Waals surface area contributed by atoms with Crippen molar-refractivity contribution in [3.63, 3.8) is 0 Å². The third-order valence-electron chi connectivity index (χ3n) is 3.24. The second-order valence-electron chi connectivity index (χ2n) is 4.60. The fourth-order valence-corrected chi connectivity index (χ4v) is 2.05. The van der Waals surface area contributed by atoms with E-state index in [0.717, 1.165) is 11.3 Å². The fraction of sp³-hybridized carbons (Fsp3) is 0.235. The van der Waals surface area contributed by atoms with Gasteiger partial charge in [-0.15, -0.1) is 0 Å². The molecule has 0 unspecified atom stereocenters. The Labute approximate surface area is 129 Å². The number of carbonyl (C=O) groups is 1. The minimum atomic E-state index is -0.224. The van der Waals surface area contributed by atoms with Gasteiger partial charge in [-0.25, -0.2) is 0 Å². The van der Waals surface area contributed by atoms with Crippen LogP contribution in [0.15, 0.2) is 42.5 Å². The highest BCUT2D eigenvalue weighted by atomic mass is 16.5. The fourth-order valence-electron chi connectivity index (χ4n) is 2.05. The number of rotatable bonds is 6. The summed E-state index contributed by atoms with van der Waals surface area (Å²) >= 11 is 0. The van der Waals surface area contributed by atoms with E-state index >= 15 is 0 Å². The monoisotopic (exact) mass is 301 g/mol. The molecular formula is C17H19NO4. The highest BCUT2D eigenvalue weighted by Gasteiger charge is 2.13. The van der Waals surface area contributed by atoms with Crippen molar-refractivity contribution in [2.45, 2.75) is 6.54 Å². The average Bonchev–Trinajstić information content (AvgIpc) is 2.59. The van der Waals surface area contributed by atoms with Gasteiger partial charge in [-0.1, -0.05) is 12.1 Å². The first kappa shape index (κ1) is 15.7. The van der Waals surface area contributed by atoms with Gasteiger partial charge in [0.15, 0.2) is 0 Å². The van der Waals surface area contributed by atoms with E-state index in [0.29, 0.717) is 23.6 Å². The van der Waals surface area contributed by atoms with Crippen molar-refractivity contribution in [3.8, 4) is 17.2 Å². The molecule has 0 saturated heterocycles. The maximum Gasteiger partial charge on any atom is 0.255 e. The van der Waals surface area contributed by atoms with E-state index < -0.39 is 0 Å². The number of hydrogen-bond acceptors (Lipinski definition) is 4. The number of amides is 1. The molecule has 0 radical (unpaired) electrons. The van der Waals surface area contributed by atoms with E-state index in [1.807, 2.05) is 24.3 Å². The Bertz CT molecular complexity index is 655. The maximum atomic E-state index is 12.3. The normalized spacial score (nSPS) is 9.95. The molecule has 0 atom stereocenters. The summed E-state index contributed by atoms with van der Waals surface area (Å²) < 4.78 is 15.5. The standard InChI is InChI=1S/C17H19NO4/c1-20-13-6-4-5-12(9-13)11-18-17(19)15-10-14(21-2)7-8-16(15)22-3/h4-10H,11H2,1-3H3,(H,18,19). The van der Waals surface area contributed by atoms with Gasteiger partial charge in [0.05, 0.1) is 26.9 Å². The molecule has 5 heteroatoms. The van der Waals surface area contributed by atoms with Gasteiger partial charge in [0.25, 0.3) is 5.91 Å². The summed E-state index contributed by atoms with van der Waals surface area (Å²) in [4.78, 5) is 12.3. The second-order valence-corrected chi connectivity index (χ2v) is 4.60. The molecule has 0 bridgehead atoms. The van der Waals surface area contributed by atoms with Crippen molar-refractivity contribution in [2.24, 2.45) is 0 Å². The minimum Gasteiger partial charge on any atom is -0.497 e. The van der Waals surface area contributed by atoms with Crippen molar-refractivity contribution in [2.75, 3.05) is 21.3 Å². The highest BCUT2D eigenvalue weighted by molar-refractivity contribution is 5.97. The molecule has 116 valence electrons. The van der Waals surface area contributed by atoms with Crippen molar-refractivity contribution >= 4 is 5.91 Å². The number of benzene rings is 2. The average molecular weight is 301 g/mol. The zero-order valence-electron chi connectivity index (χ0n) is 12.9. The van der Waals surface area contributed by atoms with Crippen LogP contribution in [0.4, 0.5) is 0 Å². The summed E-state index contributed by atoms with van der Waals surface area (Å²) in [6.07, 6.45) is 0. The van der Waals surface area contributed by atoms with Gasteiger partial charge in [0, 0.05) is 6.54 Å². The van der Waals surface area contributed by atoms with Gasteiger partial charge in [-0.2, -0.15) is 0 Å². The molecule has 1 amide bonds. The number of methoxy groups -OCH3 is 3. The van der Waals surface area contributed by atoms with Gasteiger partial charge in [-0.05, 0) is 35.9 Å². The number of ether oxygens (including phenoxy) is 3. The molecule has 0 aromatic heterocycles. The molecule has 22 heavy (non-hydrogen) atoms. The Hall–Kier alpha value is -2.69. The molecule has 0 saturated carbocycles. The van der Waals surface area contributed by atoms with E-state index in [2.05, 4.69) is 5.32 Å². The van der Waals surface area contributed by atoms with Crippen LogP contribution in [0.5, 0.6) is 17.2 Å². The van der Waals surface area contributed by atoms with Crippen LogP contribution in [0.25, 0.3) is 0 Å². The van der Waals surface area contributed by atoms with Crippen molar-refractivity contribution < 1.29 is 19.0 Å². The largest absolute Gasteiger partial charge is 0.497 e. The van der Waals surface area contributed by atoms with Crippen LogP contribution in [0.3, 0.4) is 0 Å². The van der Waals surface area contributed by atoms with Crippen LogP contribution < -0.4 is 19.5 Å². The lowest BCUT2D eigenvalue weighted by molar-refractivity contribution is 0.0947. The molecule has 5 nitrogen and oxygen atoms in total. The molecule has 0 aliphatic rings. The third-order valence-corrected chi connectivity index (χ3v) is 3.24. The van der Waals surface area contributed by atoms with E-state index in [9.17, 15) is 4.79 Å². The summed E-state index contributed by atoms with van der Waals surface area (Å²) in [7, 11) is 4.69. The summed E-state index contributed by atoms with van der Waals surface area (Å²) in [5.74, 6) is 1.64. The van der Waals surface area contributed by atoms with Gasteiger partial charge in [0.2, 0.25) is 0 Å². The first-order chi connectivity index (χ1) is 10.7. The molecule has 2 aromatic carbocycles. The second kappa shape index (κ2) is 7.36. The topological polar surface area (TPSA) is 56.8 Å². The van der Waals surface area contributed by atoms with Crippen LogP contribution in [0.2, 0.25) is 0 Å². The Balaban J connectivity index is 2.11. The lowest BCUT2D eigenvalue weighted by Gasteiger charge is -2.11. The van der Waals surface area contributed by atoms with E-state index in [1.165, 1.54) is 7.11 Å². The van der Waals surface area contributed by atoms with E-state index in [4.69, 9.17) is 14.2 Å². The van der Waals surface area contributed by atoms with Crippen LogP contribution in [0, 0.1) is 0 Å². The Kier molecular flexibility index (Phi) is 5.25. The lowest BCUT2D eigenvalue weighted by atomic mass is 10.1. The smallest absolute Gasteiger partial charge is 0.255 e. The summed E-state index contributed by atoms with van der Waals surface area (Å²) in [5, 5.41) is 2.86.